The lowest BCUT2D eigenvalue weighted by molar-refractivity contribution is -0.127. The number of aliphatic hydroxyl groups excluding tert-OH is 1. The topological polar surface area (TPSA) is 79.5 Å². The third-order valence-electron chi connectivity index (χ3n) is 3.21. The van der Waals surface area contributed by atoms with Crippen molar-refractivity contribution in [1.29, 1.82) is 0 Å². The van der Waals surface area contributed by atoms with Gasteiger partial charge in [-0.25, -0.2) is 4.63 Å². The van der Waals surface area contributed by atoms with Crippen LogP contribution in [0.4, 0.5) is 0 Å². The summed E-state index contributed by atoms with van der Waals surface area (Å²) in [6.07, 6.45) is 0.390. The number of nitrogens with zero attached hydrogens (tertiary/aromatic N) is 3. The van der Waals surface area contributed by atoms with E-state index in [0.29, 0.717) is 19.5 Å². The SMILES string of the molecule is O=C1CC(O)CN1CCc1cccc2nonc12. The van der Waals surface area contributed by atoms with Gasteiger partial charge in [0, 0.05) is 13.1 Å². The summed E-state index contributed by atoms with van der Waals surface area (Å²) < 4.78 is 4.70. The Morgan fingerprint density at radius 1 is 1.44 bits per heavy atom. The lowest BCUT2D eigenvalue weighted by Crippen LogP contribution is -2.28. The third-order valence-corrected chi connectivity index (χ3v) is 3.21. The molecule has 0 aliphatic carbocycles. The predicted octanol–water partition coefficient (Wildman–Crippen LogP) is 0.358. The van der Waals surface area contributed by atoms with E-state index in [1.807, 2.05) is 18.2 Å². The first-order valence-corrected chi connectivity index (χ1v) is 5.90. The van der Waals surface area contributed by atoms with Gasteiger partial charge >= 0.3 is 0 Å². The molecule has 1 aliphatic heterocycles. The van der Waals surface area contributed by atoms with E-state index in [1.54, 1.807) is 4.90 Å². The molecule has 0 bridgehead atoms. The van der Waals surface area contributed by atoms with Gasteiger partial charge in [-0.3, -0.25) is 4.79 Å². The average molecular weight is 247 g/mol. The lowest BCUT2D eigenvalue weighted by Gasteiger charge is -2.15. The molecule has 1 aromatic carbocycles. The van der Waals surface area contributed by atoms with Crippen molar-refractivity contribution in [3.8, 4) is 0 Å². The largest absolute Gasteiger partial charge is 0.391 e. The fourth-order valence-electron chi connectivity index (χ4n) is 2.29. The number of β-amino-alcohol motifs (C(OH)–C–C–N with tert-alkyl or cyclic N) is 1. The Kier molecular flexibility index (Phi) is 2.71. The van der Waals surface area contributed by atoms with Crippen LogP contribution < -0.4 is 0 Å². The van der Waals surface area contributed by atoms with Gasteiger partial charge < -0.3 is 10.0 Å². The van der Waals surface area contributed by atoms with E-state index in [1.165, 1.54) is 0 Å². The van der Waals surface area contributed by atoms with Gasteiger partial charge in [0.2, 0.25) is 5.91 Å². The summed E-state index contributed by atoms with van der Waals surface area (Å²) in [6.45, 7) is 1.01. The zero-order valence-electron chi connectivity index (χ0n) is 9.74. The first kappa shape index (κ1) is 11.2. The number of hydrogen-bond donors (Lipinski definition) is 1. The summed E-state index contributed by atoms with van der Waals surface area (Å²) in [7, 11) is 0. The molecule has 1 unspecified atom stereocenters. The van der Waals surface area contributed by atoms with E-state index in [9.17, 15) is 9.90 Å². The van der Waals surface area contributed by atoms with E-state index in [0.717, 1.165) is 16.6 Å². The molecular weight excluding hydrogens is 234 g/mol. The number of rotatable bonds is 3. The van der Waals surface area contributed by atoms with Crippen LogP contribution in [0.2, 0.25) is 0 Å². The summed E-state index contributed by atoms with van der Waals surface area (Å²) in [5.41, 5.74) is 2.47. The minimum atomic E-state index is -0.526. The highest BCUT2D eigenvalue weighted by Crippen LogP contribution is 2.17. The van der Waals surface area contributed by atoms with Crippen LogP contribution in [0, 0.1) is 0 Å². The third kappa shape index (κ3) is 1.95. The van der Waals surface area contributed by atoms with E-state index >= 15 is 0 Å². The number of benzene rings is 1. The summed E-state index contributed by atoms with van der Waals surface area (Å²) >= 11 is 0. The quantitative estimate of drug-likeness (QED) is 0.847. The second-order valence-electron chi connectivity index (χ2n) is 4.50. The van der Waals surface area contributed by atoms with Crippen LogP contribution in [0.1, 0.15) is 12.0 Å². The number of hydrogen-bond acceptors (Lipinski definition) is 5. The number of fused-ring (bicyclic) bond motifs is 1. The van der Waals surface area contributed by atoms with Gasteiger partial charge in [-0.15, -0.1) is 0 Å². The molecule has 1 saturated heterocycles. The van der Waals surface area contributed by atoms with Gasteiger partial charge in [0.05, 0.1) is 12.5 Å². The summed E-state index contributed by atoms with van der Waals surface area (Å²) in [4.78, 5) is 13.2. The Morgan fingerprint density at radius 2 is 2.33 bits per heavy atom. The van der Waals surface area contributed by atoms with Gasteiger partial charge in [0.15, 0.2) is 0 Å². The van der Waals surface area contributed by atoms with Gasteiger partial charge in [-0.1, -0.05) is 12.1 Å². The van der Waals surface area contributed by atoms with Crippen molar-refractivity contribution in [3.05, 3.63) is 23.8 Å². The second-order valence-corrected chi connectivity index (χ2v) is 4.50. The standard InChI is InChI=1S/C12H13N3O3/c16-9-6-11(17)15(7-9)5-4-8-2-1-3-10-12(8)14-18-13-10/h1-3,9,16H,4-7H2. The van der Waals surface area contributed by atoms with Crippen LogP contribution in [0.5, 0.6) is 0 Å². The Balaban J connectivity index is 1.73. The van der Waals surface area contributed by atoms with Crippen LogP contribution in [0.15, 0.2) is 22.8 Å². The van der Waals surface area contributed by atoms with Gasteiger partial charge in [0.25, 0.3) is 0 Å². The molecule has 2 heterocycles. The molecule has 18 heavy (non-hydrogen) atoms. The van der Waals surface area contributed by atoms with E-state index in [2.05, 4.69) is 10.3 Å². The van der Waals surface area contributed by atoms with Crippen molar-refractivity contribution in [3.63, 3.8) is 0 Å². The van der Waals surface area contributed by atoms with Crippen molar-refractivity contribution in [2.75, 3.05) is 13.1 Å². The minimum absolute atomic E-state index is 0.00736. The molecule has 3 rings (SSSR count). The van der Waals surface area contributed by atoms with Crippen LogP contribution in [-0.4, -0.2) is 45.4 Å². The van der Waals surface area contributed by atoms with Gasteiger partial charge in [0.1, 0.15) is 11.0 Å². The van der Waals surface area contributed by atoms with Gasteiger partial charge in [-0.2, -0.15) is 0 Å². The molecular formula is C12H13N3O3. The molecule has 1 fully saturated rings. The molecule has 0 radical (unpaired) electrons. The maximum atomic E-state index is 11.5. The number of carbonyl (C=O) groups excluding carboxylic acids is 1. The molecule has 1 aromatic heterocycles. The zero-order valence-corrected chi connectivity index (χ0v) is 9.74. The molecule has 0 saturated carbocycles. The van der Waals surface area contributed by atoms with E-state index < -0.39 is 6.10 Å². The highest BCUT2D eigenvalue weighted by Gasteiger charge is 2.27. The summed E-state index contributed by atoms with van der Waals surface area (Å²) in [6, 6.07) is 5.67. The van der Waals surface area contributed by atoms with Gasteiger partial charge in [-0.05, 0) is 28.4 Å². The normalized spacial score (nSPS) is 19.9. The van der Waals surface area contributed by atoms with Crippen LogP contribution in [0.25, 0.3) is 11.0 Å². The molecule has 1 amide bonds. The minimum Gasteiger partial charge on any atom is -0.391 e. The number of aromatic nitrogens is 2. The molecule has 1 aliphatic rings. The van der Waals surface area contributed by atoms with Crippen molar-refractivity contribution in [2.24, 2.45) is 0 Å². The first-order valence-electron chi connectivity index (χ1n) is 5.90. The van der Waals surface area contributed by atoms with Crippen molar-refractivity contribution in [2.45, 2.75) is 18.9 Å². The van der Waals surface area contributed by atoms with Crippen LogP contribution >= 0.6 is 0 Å². The Labute approximate surface area is 103 Å². The van der Waals surface area contributed by atoms with E-state index in [4.69, 9.17) is 4.63 Å². The van der Waals surface area contributed by atoms with Crippen LogP contribution in [0.3, 0.4) is 0 Å². The highest BCUT2D eigenvalue weighted by atomic mass is 16.6. The Bertz CT molecular complexity index is 581. The Hall–Kier alpha value is -1.95. The molecule has 94 valence electrons. The molecule has 2 aromatic rings. The van der Waals surface area contributed by atoms with Crippen molar-refractivity contribution < 1.29 is 14.5 Å². The maximum absolute atomic E-state index is 11.5. The number of carbonyl (C=O) groups is 1. The molecule has 1 atom stereocenters. The fourth-order valence-corrected chi connectivity index (χ4v) is 2.29. The molecule has 6 heteroatoms. The van der Waals surface area contributed by atoms with Crippen LogP contribution in [-0.2, 0) is 11.2 Å². The zero-order chi connectivity index (χ0) is 12.5. The summed E-state index contributed by atoms with van der Waals surface area (Å²) in [5.74, 6) is 0.00736. The smallest absolute Gasteiger partial charge is 0.225 e. The van der Waals surface area contributed by atoms with Crippen molar-refractivity contribution in [1.82, 2.24) is 15.2 Å². The van der Waals surface area contributed by atoms with Crippen molar-refractivity contribution >= 4 is 16.9 Å². The number of aliphatic hydroxyl groups is 1. The van der Waals surface area contributed by atoms with E-state index in [-0.39, 0.29) is 12.3 Å². The second kappa shape index (κ2) is 4.38. The Morgan fingerprint density at radius 3 is 3.11 bits per heavy atom. The highest BCUT2D eigenvalue weighted by molar-refractivity contribution is 5.79. The number of likely N-dealkylation sites (tertiary alicyclic amines) is 1. The molecule has 6 nitrogen and oxygen atoms in total. The summed E-state index contributed by atoms with van der Waals surface area (Å²) in [5, 5.41) is 17.0. The fraction of sp³-hybridized carbons (Fsp3) is 0.417. The first-order chi connectivity index (χ1) is 8.74. The average Bonchev–Trinajstić information content (AvgIpc) is 2.93. The predicted molar refractivity (Wildman–Crippen MR) is 62.7 cm³/mol. The monoisotopic (exact) mass is 247 g/mol. The lowest BCUT2D eigenvalue weighted by atomic mass is 10.1. The molecule has 1 N–H and O–H groups in total. The maximum Gasteiger partial charge on any atom is 0.225 e. The number of amides is 1. The molecule has 0 spiro atoms.